The van der Waals surface area contributed by atoms with Gasteiger partial charge in [-0.1, -0.05) is 67.9 Å². The summed E-state index contributed by atoms with van der Waals surface area (Å²) in [7, 11) is 0. The van der Waals surface area contributed by atoms with E-state index in [1.54, 1.807) is 0 Å². The molecule has 0 atom stereocenters. The Balaban J connectivity index is 2.09. The van der Waals surface area contributed by atoms with Crippen molar-refractivity contribution in [2.24, 2.45) is 0 Å². The van der Waals surface area contributed by atoms with Crippen molar-refractivity contribution in [3.63, 3.8) is 0 Å². The minimum atomic E-state index is 0.0948. The van der Waals surface area contributed by atoms with E-state index in [1.165, 1.54) is 5.56 Å². The van der Waals surface area contributed by atoms with Crippen LogP contribution in [0.3, 0.4) is 0 Å². The Kier molecular flexibility index (Phi) is 3.88. The molecule has 0 fully saturated rings. The van der Waals surface area contributed by atoms with Crippen molar-refractivity contribution in [1.82, 2.24) is 0 Å². The van der Waals surface area contributed by atoms with Crippen LogP contribution in [-0.2, 0) is 6.42 Å². The van der Waals surface area contributed by atoms with Gasteiger partial charge in [0.15, 0.2) is 11.5 Å². The first kappa shape index (κ1) is 14.3. The number of rotatable bonds is 4. The molecule has 0 aliphatic rings. The smallest absolute Gasteiger partial charge is 0.202 e. The van der Waals surface area contributed by atoms with Gasteiger partial charge in [-0.25, -0.2) is 0 Å². The van der Waals surface area contributed by atoms with E-state index in [-0.39, 0.29) is 11.6 Å². The van der Waals surface area contributed by atoms with Gasteiger partial charge in [-0.3, -0.25) is 0 Å². The maximum absolute atomic E-state index is 10.6. The van der Waals surface area contributed by atoms with E-state index in [1.807, 2.05) is 42.5 Å². The standard InChI is InChI=1S/C19H19NO2/c1-2-7-13-8-6-11-15(12-13)16-17(21)18(22-19(16)20)14-9-4-3-5-10-14/h3-6,8-12,21H,2,7,20H2,1H3. The maximum atomic E-state index is 10.6. The molecule has 0 unspecified atom stereocenters. The summed E-state index contributed by atoms with van der Waals surface area (Å²) in [5.74, 6) is 0.747. The predicted octanol–water partition coefficient (Wildman–Crippen LogP) is 4.85. The Morgan fingerprint density at radius 3 is 2.45 bits per heavy atom. The van der Waals surface area contributed by atoms with Crippen LogP contribution in [0.15, 0.2) is 59.0 Å². The number of nitrogens with two attached hydrogens (primary N) is 1. The lowest BCUT2D eigenvalue weighted by Crippen LogP contribution is -1.88. The molecule has 2 aromatic carbocycles. The second-order valence-corrected chi connectivity index (χ2v) is 5.34. The van der Waals surface area contributed by atoms with Crippen LogP contribution >= 0.6 is 0 Å². The van der Waals surface area contributed by atoms with Gasteiger partial charge >= 0.3 is 0 Å². The van der Waals surface area contributed by atoms with Crippen LogP contribution in [0.5, 0.6) is 5.75 Å². The molecule has 0 saturated heterocycles. The number of benzene rings is 2. The summed E-state index contributed by atoms with van der Waals surface area (Å²) in [5, 5.41) is 10.6. The van der Waals surface area contributed by atoms with Gasteiger partial charge in [0.1, 0.15) is 0 Å². The topological polar surface area (TPSA) is 59.4 Å². The Morgan fingerprint density at radius 2 is 1.73 bits per heavy atom. The van der Waals surface area contributed by atoms with Gasteiger partial charge in [0.25, 0.3) is 0 Å². The number of aryl methyl sites for hydroxylation is 1. The number of hydrogen-bond donors (Lipinski definition) is 2. The molecule has 0 aliphatic heterocycles. The monoisotopic (exact) mass is 293 g/mol. The van der Waals surface area contributed by atoms with Crippen molar-refractivity contribution in [3.05, 3.63) is 60.2 Å². The highest BCUT2D eigenvalue weighted by Gasteiger charge is 2.20. The van der Waals surface area contributed by atoms with Crippen LogP contribution in [0, 0.1) is 0 Å². The third kappa shape index (κ3) is 2.58. The molecule has 0 bridgehead atoms. The lowest BCUT2D eigenvalue weighted by molar-refractivity contribution is 0.467. The van der Waals surface area contributed by atoms with Crippen molar-refractivity contribution in [2.75, 3.05) is 5.73 Å². The first-order chi connectivity index (χ1) is 10.7. The zero-order valence-electron chi connectivity index (χ0n) is 12.5. The second-order valence-electron chi connectivity index (χ2n) is 5.34. The van der Waals surface area contributed by atoms with Gasteiger partial charge in [0, 0.05) is 5.56 Å². The molecule has 1 heterocycles. The van der Waals surface area contributed by atoms with Crippen molar-refractivity contribution in [3.8, 4) is 28.2 Å². The molecule has 0 aliphatic carbocycles. The fourth-order valence-corrected chi connectivity index (χ4v) is 2.67. The molecule has 112 valence electrons. The average Bonchev–Trinajstić information content (AvgIpc) is 2.84. The highest BCUT2D eigenvalue weighted by Crippen LogP contribution is 2.44. The molecule has 0 saturated carbocycles. The van der Waals surface area contributed by atoms with E-state index in [9.17, 15) is 5.11 Å². The maximum Gasteiger partial charge on any atom is 0.202 e. The molecule has 0 spiro atoms. The number of aromatic hydroxyl groups is 1. The lowest BCUT2D eigenvalue weighted by Gasteiger charge is -2.04. The normalized spacial score (nSPS) is 10.8. The summed E-state index contributed by atoms with van der Waals surface area (Å²) >= 11 is 0. The molecule has 3 N–H and O–H groups in total. The van der Waals surface area contributed by atoms with E-state index in [2.05, 4.69) is 19.1 Å². The lowest BCUT2D eigenvalue weighted by atomic mass is 10.0. The van der Waals surface area contributed by atoms with Crippen molar-refractivity contribution in [1.29, 1.82) is 0 Å². The molecule has 3 aromatic rings. The van der Waals surface area contributed by atoms with Gasteiger partial charge in [-0.05, 0) is 17.5 Å². The molecule has 3 nitrogen and oxygen atoms in total. The van der Waals surface area contributed by atoms with Crippen LogP contribution in [0.1, 0.15) is 18.9 Å². The van der Waals surface area contributed by atoms with Gasteiger partial charge in [0.05, 0.1) is 5.56 Å². The number of furan rings is 1. The average molecular weight is 293 g/mol. The zero-order valence-corrected chi connectivity index (χ0v) is 12.5. The van der Waals surface area contributed by atoms with Crippen molar-refractivity contribution in [2.45, 2.75) is 19.8 Å². The van der Waals surface area contributed by atoms with E-state index in [0.717, 1.165) is 24.0 Å². The largest absolute Gasteiger partial charge is 0.504 e. The molecule has 3 rings (SSSR count). The quantitative estimate of drug-likeness (QED) is 0.722. The second kappa shape index (κ2) is 5.98. The van der Waals surface area contributed by atoms with Crippen molar-refractivity contribution < 1.29 is 9.52 Å². The fourth-order valence-electron chi connectivity index (χ4n) is 2.67. The Bertz CT molecular complexity index is 775. The van der Waals surface area contributed by atoms with E-state index < -0.39 is 0 Å². The number of anilines is 1. The minimum absolute atomic E-state index is 0.0948. The molecule has 22 heavy (non-hydrogen) atoms. The number of hydrogen-bond acceptors (Lipinski definition) is 3. The highest BCUT2D eigenvalue weighted by molar-refractivity contribution is 5.86. The molecule has 0 radical (unpaired) electrons. The van der Waals surface area contributed by atoms with E-state index >= 15 is 0 Å². The predicted molar refractivity (Wildman–Crippen MR) is 89.7 cm³/mol. The fraction of sp³-hybridized carbons (Fsp3) is 0.158. The molecule has 0 amide bonds. The van der Waals surface area contributed by atoms with Gasteiger partial charge in [-0.2, -0.15) is 0 Å². The van der Waals surface area contributed by atoms with Crippen LogP contribution in [0.2, 0.25) is 0 Å². The molecular weight excluding hydrogens is 274 g/mol. The van der Waals surface area contributed by atoms with Crippen LogP contribution in [0.25, 0.3) is 22.5 Å². The SMILES string of the molecule is CCCc1cccc(-c2c(N)oc(-c3ccccc3)c2O)c1. The first-order valence-corrected chi connectivity index (χ1v) is 7.46. The van der Waals surface area contributed by atoms with Crippen LogP contribution < -0.4 is 5.73 Å². The summed E-state index contributed by atoms with van der Waals surface area (Å²) in [4.78, 5) is 0. The van der Waals surface area contributed by atoms with E-state index in [4.69, 9.17) is 10.2 Å². The Morgan fingerprint density at radius 1 is 1.00 bits per heavy atom. The molecular formula is C19H19NO2. The third-order valence-electron chi connectivity index (χ3n) is 3.70. The third-order valence-corrected chi connectivity index (χ3v) is 3.70. The highest BCUT2D eigenvalue weighted by atomic mass is 16.4. The molecule has 1 aromatic heterocycles. The Hall–Kier alpha value is -2.68. The van der Waals surface area contributed by atoms with Gasteiger partial charge in [0.2, 0.25) is 5.88 Å². The summed E-state index contributed by atoms with van der Waals surface area (Å²) in [6.45, 7) is 2.14. The van der Waals surface area contributed by atoms with Crippen LogP contribution in [-0.4, -0.2) is 5.11 Å². The molecule has 3 heteroatoms. The Labute approximate surface area is 130 Å². The zero-order chi connectivity index (χ0) is 15.5. The minimum Gasteiger partial charge on any atom is -0.504 e. The summed E-state index contributed by atoms with van der Waals surface area (Å²) in [6.07, 6.45) is 2.07. The van der Waals surface area contributed by atoms with E-state index in [0.29, 0.717) is 11.3 Å². The summed E-state index contributed by atoms with van der Waals surface area (Å²) < 4.78 is 5.61. The number of nitrogen functional groups attached to an aromatic ring is 1. The van der Waals surface area contributed by atoms with Crippen molar-refractivity contribution >= 4 is 5.88 Å². The van der Waals surface area contributed by atoms with Crippen LogP contribution in [0.4, 0.5) is 5.88 Å². The van der Waals surface area contributed by atoms with Gasteiger partial charge in [-0.15, -0.1) is 0 Å². The first-order valence-electron chi connectivity index (χ1n) is 7.46. The van der Waals surface area contributed by atoms with Gasteiger partial charge < -0.3 is 15.3 Å². The summed E-state index contributed by atoms with van der Waals surface area (Å²) in [5.41, 5.74) is 9.49. The summed E-state index contributed by atoms with van der Waals surface area (Å²) in [6, 6.07) is 17.5.